The Kier molecular flexibility index (Phi) is 3.74. The lowest BCUT2D eigenvalue weighted by atomic mass is 9.99. The molecule has 1 aromatic heterocycles. The fourth-order valence-electron chi connectivity index (χ4n) is 2.37. The van der Waals surface area contributed by atoms with E-state index in [1.165, 1.54) is 0 Å². The number of hydrogen-bond acceptors (Lipinski definition) is 3. The second-order valence-electron chi connectivity index (χ2n) is 5.09. The van der Waals surface area contributed by atoms with Crippen molar-refractivity contribution in [2.24, 2.45) is 5.73 Å². The Bertz CT molecular complexity index is 825. The molecule has 0 saturated carbocycles. The van der Waals surface area contributed by atoms with Crippen molar-refractivity contribution >= 4 is 16.7 Å². The standard InChI is InChI=1S/C18H16N2O2/c1-12(18(19)21)22-15-6-2-4-13(10-15)16-7-3-5-14-11-20-9-8-17(14)16/h2-12H,1H3,(H2,19,21). The topological polar surface area (TPSA) is 65.2 Å². The van der Waals surface area contributed by atoms with E-state index in [2.05, 4.69) is 11.1 Å². The summed E-state index contributed by atoms with van der Waals surface area (Å²) in [6.45, 7) is 1.64. The second kappa shape index (κ2) is 5.85. The summed E-state index contributed by atoms with van der Waals surface area (Å²) in [5, 5.41) is 2.20. The maximum Gasteiger partial charge on any atom is 0.258 e. The fourth-order valence-corrected chi connectivity index (χ4v) is 2.37. The minimum atomic E-state index is -0.660. The number of hydrogen-bond donors (Lipinski definition) is 1. The molecule has 1 amide bonds. The number of pyridine rings is 1. The monoisotopic (exact) mass is 292 g/mol. The van der Waals surface area contributed by atoms with Crippen LogP contribution in [0.25, 0.3) is 21.9 Å². The minimum Gasteiger partial charge on any atom is -0.481 e. The molecule has 2 N–H and O–H groups in total. The third-order valence-electron chi connectivity index (χ3n) is 3.54. The summed E-state index contributed by atoms with van der Waals surface area (Å²) >= 11 is 0. The van der Waals surface area contributed by atoms with Gasteiger partial charge in [0.1, 0.15) is 5.75 Å². The van der Waals surface area contributed by atoms with Gasteiger partial charge in [-0.05, 0) is 41.6 Å². The molecule has 0 bridgehead atoms. The highest BCUT2D eigenvalue weighted by atomic mass is 16.5. The van der Waals surface area contributed by atoms with Gasteiger partial charge in [0.25, 0.3) is 5.91 Å². The zero-order valence-electron chi connectivity index (χ0n) is 12.2. The summed E-state index contributed by atoms with van der Waals surface area (Å²) in [5.41, 5.74) is 7.35. The first-order chi connectivity index (χ1) is 10.6. The molecule has 2 aromatic carbocycles. The van der Waals surface area contributed by atoms with Gasteiger partial charge in [0.05, 0.1) is 0 Å². The lowest BCUT2D eigenvalue weighted by Crippen LogP contribution is -2.30. The molecule has 1 atom stereocenters. The maximum absolute atomic E-state index is 11.1. The van der Waals surface area contributed by atoms with Crippen LogP contribution < -0.4 is 10.5 Å². The van der Waals surface area contributed by atoms with Gasteiger partial charge >= 0.3 is 0 Å². The Labute approximate surface area is 128 Å². The first kappa shape index (κ1) is 14.1. The maximum atomic E-state index is 11.1. The van der Waals surface area contributed by atoms with Crippen LogP contribution in [-0.4, -0.2) is 17.0 Å². The van der Waals surface area contributed by atoms with Crippen LogP contribution in [-0.2, 0) is 4.79 Å². The van der Waals surface area contributed by atoms with E-state index in [1.807, 2.05) is 48.7 Å². The Balaban J connectivity index is 2.03. The summed E-state index contributed by atoms with van der Waals surface area (Å²) in [6.07, 6.45) is 2.96. The van der Waals surface area contributed by atoms with Gasteiger partial charge in [-0.1, -0.05) is 30.3 Å². The lowest BCUT2D eigenvalue weighted by Gasteiger charge is -2.13. The Hall–Kier alpha value is -2.88. The molecule has 110 valence electrons. The number of ether oxygens (including phenoxy) is 1. The zero-order chi connectivity index (χ0) is 15.5. The highest BCUT2D eigenvalue weighted by molar-refractivity contribution is 5.96. The summed E-state index contributed by atoms with van der Waals surface area (Å²) in [4.78, 5) is 15.3. The molecule has 4 nitrogen and oxygen atoms in total. The fraction of sp³-hybridized carbons (Fsp3) is 0.111. The molecular weight excluding hydrogens is 276 g/mol. The van der Waals surface area contributed by atoms with Crippen LogP contribution in [0, 0.1) is 0 Å². The van der Waals surface area contributed by atoms with Crippen LogP contribution in [0.2, 0.25) is 0 Å². The summed E-state index contributed by atoms with van der Waals surface area (Å²) in [7, 11) is 0. The van der Waals surface area contributed by atoms with E-state index in [4.69, 9.17) is 10.5 Å². The van der Waals surface area contributed by atoms with Gasteiger partial charge in [0, 0.05) is 17.8 Å². The Morgan fingerprint density at radius 3 is 2.82 bits per heavy atom. The first-order valence-corrected chi connectivity index (χ1v) is 7.04. The van der Waals surface area contributed by atoms with Crippen molar-refractivity contribution in [1.29, 1.82) is 0 Å². The number of aromatic nitrogens is 1. The number of fused-ring (bicyclic) bond motifs is 1. The number of primary amides is 1. The van der Waals surface area contributed by atoms with Gasteiger partial charge in [-0.3, -0.25) is 9.78 Å². The molecule has 0 aliphatic heterocycles. The largest absolute Gasteiger partial charge is 0.481 e. The van der Waals surface area contributed by atoms with E-state index >= 15 is 0 Å². The summed E-state index contributed by atoms with van der Waals surface area (Å²) in [6, 6.07) is 15.7. The van der Waals surface area contributed by atoms with Gasteiger partial charge in [-0.15, -0.1) is 0 Å². The van der Waals surface area contributed by atoms with E-state index in [0.717, 1.165) is 21.9 Å². The minimum absolute atomic E-state index is 0.485. The SMILES string of the molecule is CC(Oc1cccc(-c2cccc3cnccc23)c1)C(N)=O. The normalized spacial score (nSPS) is 12.0. The van der Waals surface area contributed by atoms with E-state index < -0.39 is 12.0 Å². The van der Waals surface area contributed by atoms with Crippen LogP contribution in [0.1, 0.15) is 6.92 Å². The van der Waals surface area contributed by atoms with Crippen molar-refractivity contribution in [3.63, 3.8) is 0 Å². The number of nitrogens with two attached hydrogens (primary N) is 1. The molecule has 1 unspecified atom stereocenters. The van der Waals surface area contributed by atoms with Crippen LogP contribution in [0.3, 0.4) is 0 Å². The van der Waals surface area contributed by atoms with E-state index in [9.17, 15) is 4.79 Å². The predicted octanol–water partition coefficient (Wildman–Crippen LogP) is 3.15. The van der Waals surface area contributed by atoms with Crippen molar-refractivity contribution < 1.29 is 9.53 Å². The third-order valence-corrected chi connectivity index (χ3v) is 3.54. The molecule has 3 aromatic rings. The van der Waals surface area contributed by atoms with E-state index in [0.29, 0.717) is 5.75 Å². The molecule has 22 heavy (non-hydrogen) atoms. The molecule has 0 radical (unpaired) electrons. The van der Waals surface area contributed by atoms with Crippen LogP contribution in [0.15, 0.2) is 60.9 Å². The Morgan fingerprint density at radius 1 is 1.18 bits per heavy atom. The molecule has 1 heterocycles. The number of carbonyl (C=O) groups excluding carboxylic acids is 1. The lowest BCUT2D eigenvalue weighted by molar-refractivity contribution is -0.123. The Morgan fingerprint density at radius 2 is 2.00 bits per heavy atom. The van der Waals surface area contributed by atoms with Gasteiger partial charge in [0.2, 0.25) is 0 Å². The quantitative estimate of drug-likeness (QED) is 0.803. The molecule has 0 spiro atoms. The van der Waals surface area contributed by atoms with Crippen molar-refractivity contribution in [3.8, 4) is 16.9 Å². The van der Waals surface area contributed by atoms with Crippen LogP contribution in [0.4, 0.5) is 0 Å². The number of benzene rings is 2. The van der Waals surface area contributed by atoms with Gasteiger partial charge in [-0.2, -0.15) is 0 Å². The number of carbonyl (C=O) groups is 1. The highest BCUT2D eigenvalue weighted by Crippen LogP contribution is 2.30. The third kappa shape index (κ3) is 2.76. The molecule has 0 fully saturated rings. The smallest absolute Gasteiger partial charge is 0.258 e. The molecule has 0 aliphatic rings. The van der Waals surface area contributed by atoms with Gasteiger partial charge < -0.3 is 10.5 Å². The van der Waals surface area contributed by atoms with Crippen molar-refractivity contribution in [1.82, 2.24) is 4.98 Å². The number of nitrogens with zero attached hydrogens (tertiary/aromatic N) is 1. The first-order valence-electron chi connectivity index (χ1n) is 7.04. The molecule has 0 aliphatic carbocycles. The number of rotatable bonds is 4. The van der Waals surface area contributed by atoms with E-state index in [1.54, 1.807) is 13.1 Å². The van der Waals surface area contributed by atoms with Gasteiger partial charge in [0.15, 0.2) is 6.10 Å². The molecule has 3 rings (SSSR count). The predicted molar refractivity (Wildman–Crippen MR) is 86.5 cm³/mol. The van der Waals surface area contributed by atoms with Crippen molar-refractivity contribution in [2.75, 3.05) is 0 Å². The van der Waals surface area contributed by atoms with Crippen molar-refractivity contribution in [2.45, 2.75) is 13.0 Å². The number of amides is 1. The zero-order valence-corrected chi connectivity index (χ0v) is 12.2. The van der Waals surface area contributed by atoms with Crippen molar-refractivity contribution in [3.05, 3.63) is 60.9 Å². The highest BCUT2D eigenvalue weighted by Gasteiger charge is 2.11. The van der Waals surface area contributed by atoms with E-state index in [-0.39, 0.29) is 0 Å². The molecular formula is C18H16N2O2. The average Bonchev–Trinajstić information content (AvgIpc) is 2.54. The van der Waals surface area contributed by atoms with Crippen LogP contribution >= 0.6 is 0 Å². The second-order valence-corrected chi connectivity index (χ2v) is 5.09. The van der Waals surface area contributed by atoms with Gasteiger partial charge in [-0.25, -0.2) is 0 Å². The summed E-state index contributed by atoms with van der Waals surface area (Å²) < 4.78 is 5.56. The molecule has 0 saturated heterocycles. The molecule has 4 heteroatoms. The average molecular weight is 292 g/mol. The van der Waals surface area contributed by atoms with Crippen LogP contribution in [0.5, 0.6) is 5.75 Å². The summed E-state index contributed by atoms with van der Waals surface area (Å²) in [5.74, 6) is 0.136.